The van der Waals surface area contributed by atoms with Gasteiger partial charge in [0.15, 0.2) is 9.84 Å². The normalized spacial score (nSPS) is 20.3. The summed E-state index contributed by atoms with van der Waals surface area (Å²) in [6.07, 6.45) is 2.33. The van der Waals surface area contributed by atoms with E-state index in [2.05, 4.69) is 0 Å². The molecule has 1 fully saturated rings. The largest absolute Gasteiger partial charge is 0.345 e. The second kappa shape index (κ2) is 7.64. The molecule has 0 spiro atoms. The maximum absolute atomic E-state index is 12.9. The minimum absolute atomic E-state index is 0.00250. The van der Waals surface area contributed by atoms with Crippen LogP contribution in [0.4, 0.5) is 0 Å². The molecule has 0 aromatic carbocycles. The smallest absolute Gasteiger partial charge is 0.237 e. The predicted molar refractivity (Wildman–Crippen MR) is 90.8 cm³/mol. The van der Waals surface area contributed by atoms with Crippen molar-refractivity contribution in [3.8, 4) is 0 Å². The van der Waals surface area contributed by atoms with E-state index in [4.69, 9.17) is 0 Å². The minimum atomic E-state index is -3.07. The SMILES string of the molecule is CCCCN(C)C(=O)C(C)(C)C(=O)N(CC)C1CCS(=O)(=O)C1. The molecule has 0 N–H and O–H groups in total. The molecule has 1 atom stereocenters. The topological polar surface area (TPSA) is 74.8 Å². The average molecular weight is 346 g/mol. The zero-order valence-corrected chi connectivity index (χ0v) is 15.8. The van der Waals surface area contributed by atoms with Crippen LogP contribution in [0, 0.1) is 5.41 Å². The Balaban J connectivity index is 2.88. The van der Waals surface area contributed by atoms with Gasteiger partial charge in [0.1, 0.15) is 5.41 Å². The molecule has 0 aromatic heterocycles. The third-order valence-corrected chi connectivity index (χ3v) is 6.26. The van der Waals surface area contributed by atoms with Crippen molar-refractivity contribution in [3.63, 3.8) is 0 Å². The van der Waals surface area contributed by atoms with Crippen molar-refractivity contribution < 1.29 is 18.0 Å². The van der Waals surface area contributed by atoms with Gasteiger partial charge in [-0.2, -0.15) is 0 Å². The van der Waals surface area contributed by atoms with Crippen LogP contribution in [0.2, 0.25) is 0 Å². The van der Waals surface area contributed by atoms with Gasteiger partial charge < -0.3 is 9.80 Å². The molecule has 1 saturated heterocycles. The minimum Gasteiger partial charge on any atom is -0.345 e. The fraction of sp³-hybridized carbons (Fsp3) is 0.875. The van der Waals surface area contributed by atoms with Crippen molar-refractivity contribution >= 4 is 21.7 Å². The first kappa shape index (κ1) is 19.9. The standard InChI is InChI=1S/C16H30N2O4S/c1-6-8-10-17(5)14(19)16(3,4)15(20)18(7-2)13-9-11-23(21,22)12-13/h13H,6-12H2,1-5H3. The van der Waals surface area contributed by atoms with Crippen LogP contribution in [-0.2, 0) is 19.4 Å². The summed E-state index contributed by atoms with van der Waals surface area (Å²) in [4.78, 5) is 28.7. The first-order chi connectivity index (χ1) is 10.6. The molecule has 1 rings (SSSR count). The molecular formula is C16H30N2O4S. The maximum atomic E-state index is 12.9. The maximum Gasteiger partial charge on any atom is 0.237 e. The lowest BCUT2D eigenvalue weighted by Gasteiger charge is -2.36. The van der Waals surface area contributed by atoms with E-state index in [1.807, 2.05) is 13.8 Å². The quantitative estimate of drug-likeness (QED) is 0.651. The molecule has 1 aliphatic heterocycles. The molecule has 0 bridgehead atoms. The van der Waals surface area contributed by atoms with E-state index < -0.39 is 15.3 Å². The molecule has 23 heavy (non-hydrogen) atoms. The molecule has 1 unspecified atom stereocenters. The molecule has 1 heterocycles. The van der Waals surface area contributed by atoms with Gasteiger partial charge in [-0.25, -0.2) is 8.42 Å². The van der Waals surface area contributed by atoms with Crippen molar-refractivity contribution in [1.29, 1.82) is 0 Å². The lowest BCUT2D eigenvalue weighted by molar-refractivity contribution is -0.154. The van der Waals surface area contributed by atoms with Crippen LogP contribution in [0.3, 0.4) is 0 Å². The summed E-state index contributed by atoms with van der Waals surface area (Å²) >= 11 is 0. The Hall–Kier alpha value is -1.11. The van der Waals surface area contributed by atoms with Crippen molar-refractivity contribution in [3.05, 3.63) is 0 Å². The van der Waals surface area contributed by atoms with E-state index in [0.717, 1.165) is 12.8 Å². The second-order valence-corrected chi connectivity index (χ2v) is 9.08. The summed E-state index contributed by atoms with van der Waals surface area (Å²) < 4.78 is 23.4. The Morgan fingerprint density at radius 1 is 1.17 bits per heavy atom. The van der Waals surface area contributed by atoms with Gasteiger partial charge in [-0.1, -0.05) is 13.3 Å². The van der Waals surface area contributed by atoms with Gasteiger partial charge in [0, 0.05) is 26.2 Å². The van der Waals surface area contributed by atoms with Crippen LogP contribution in [0.1, 0.15) is 47.0 Å². The fourth-order valence-corrected chi connectivity index (χ4v) is 4.74. The molecular weight excluding hydrogens is 316 g/mol. The van der Waals surface area contributed by atoms with Gasteiger partial charge in [0.25, 0.3) is 0 Å². The zero-order valence-electron chi connectivity index (χ0n) is 15.0. The first-order valence-corrected chi connectivity index (χ1v) is 10.2. The molecule has 7 heteroatoms. The van der Waals surface area contributed by atoms with Crippen LogP contribution >= 0.6 is 0 Å². The highest BCUT2D eigenvalue weighted by Gasteiger charge is 2.44. The monoisotopic (exact) mass is 346 g/mol. The second-order valence-electron chi connectivity index (χ2n) is 6.85. The molecule has 0 saturated carbocycles. The zero-order chi connectivity index (χ0) is 17.8. The summed E-state index contributed by atoms with van der Waals surface area (Å²) in [7, 11) is -1.36. The average Bonchev–Trinajstić information content (AvgIpc) is 2.84. The number of amides is 2. The summed E-state index contributed by atoms with van der Waals surface area (Å²) in [5.74, 6) is -0.375. The Labute approximate surface area is 140 Å². The van der Waals surface area contributed by atoms with Crippen molar-refractivity contribution in [2.75, 3.05) is 31.6 Å². The molecule has 2 amide bonds. The van der Waals surface area contributed by atoms with E-state index in [1.54, 1.807) is 30.7 Å². The fourth-order valence-electron chi connectivity index (χ4n) is 3.01. The number of rotatable bonds is 7. The van der Waals surface area contributed by atoms with Crippen LogP contribution < -0.4 is 0 Å². The summed E-state index contributed by atoms with van der Waals surface area (Å²) in [5.41, 5.74) is -1.18. The molecule has 1 aliphatic rings. The van der Waals surface area contributed by atoms with E-state index in [9.17, 15) is 18.0 Å². The van der Waals surface area contributed by atoms with Crippen LogP contribution in [0.25, 0.3) is 0 Å². The summed E-state index contributed by atoms with van der Waals surface area (Å²) in [6, 6.07) is -0.314. The van der Waals surface area contributed by atoms with Crippen LogP contribution in [-0.4, -0.2) is 67.7 Å². The van der Waals surface area contributed by atoms with Crippen molar-refractivity contribution in [1.82, 2.24) is 9.80 Å². The first-order valence-electron chi connectivity index (χ1n) is 8.33. The van der Waals surface area contributed by atoms with E-state index in [1.165, 1.54) is 0 Å². The highest BCUT2D eigenvalue weighted by Crippen LogP contribution is 2.26. The molecule has 6 nitrogen and oxygen atoms in total. The third kappa shape index (κ3) is 4.68. The van der Waals surface area contributed by atoms with E-state index in [-0.39, 0.29) is 29.4 Å². The lowest BCUT2D eigenvalue weighted by atomic mass is 9.88. The Morgan fingerprint density at radius 3 is 2.22 bits per heavy atom. The van der Waals surface area contributed by atoms with Gasteiger partial charge in [0.2, 0.25) is 11.8 Å². The molecule has 0 aliphatic carbocycles. The predicted octanol–water partition coefficient (Wildman–Crippen LogP) is 1.31. The molecule has 0 aromatic rings. The molecule has 0 radical (unpaired) electrons. The Kier molecular flexibility index (Phi) is 6.62. The van der Waals surface area contributed by atoms with Crippen LogP contribution in [0.15, 0.2) is 0 Å². The summed E-state index contributed by atoms with van der Waals surface area (Å²) in [6.45, 7) is 8.17. The van der Waals surface area contributed by atoms with Gasteiger partial charge in [-0.15, -0.1) is 0 Å². The Morgan fingerprint density at radius 2 is 1.78 bits per heavy atom. The number of hydrogen-bond donors (Lipinski definition) is 0. The number of nitrogens with zero attached hydrogens (tertiary/aromatic N) is 2. The number of sulfone groups is 1. The number of carbonyl (C=O) groups excluding carboxylic acids is 2. The van der Waals surface area contributed by atoms with Crippen molar-refractivity contribution in [2.45, 2.75) is 53.0 Å². The highest BCUT2D eigenvalue weighted by atomic mass is 32.2. The van der Waals surface area contributed by atoms with Crippen molar-refractivity contribution in [2.24, 2.45) is 5.41 Å². The van der Waals surface area contributed by atoms with E-state index in [0.29, 0.717) is 19.5 Å². The van der Waals surface area contributed by atoms with Gasteiger partial charge >= 0.3 is 0 Å². The van der Waals surface area contributed by atoms with Gasteiger partial charge in [-0.05, 0) is 33.6 Å². The number of unbranched alkanes of at least 4 members (excludes halogenated alkanes) is 1. The molecule has 134 valence electrons. The van der Waals surface area contributed by atoms with E-state index >= 15 is 0 Å². The third-order valence-electron chi connectivity index (χ3n) is 4.51. The summed E-state index contributed by atoms with van der Waals surface area (Å²) in [5, 5.41) is 0. The van der Waals surface area contributed by atoms with Gasteiger partial charge in [0.05, 0.1) is 11.5 Å². The van der Waals surface area contributed by atoms with Gasteiger partial charge in [-0.3, -0.25) is 9.59 Å². The lowest BCUT2D eigenvalue weighted by Crippen LogP contribution is -2.53. The highest BCUT2D eigenvalue weighted by molar-refractivity contribution is 7.91. The number of carbonyl (C=O) groups is 2. The number of hydrogen-bond acceptors (Lipinski definition) is 4. The Bertz CT molecular complexity index is 542. The van der Waals surface area contributed by atoms with Crippen LogP contribution in [0.5, 0.6) is 0 Å².